The zero-order chi connectivity index (χ0) is 16.4. The minimum atomic E-state index is 0. The average Bonchev–Trinajstić information content (AvgIpc) is 2.56. The van der Waals surface area contributed by atoms with Crippen LogP contribution in [0.2, 0.25) is 0 Å². The molecule has 2 aliphatic rings. The fraction of sp³-hybridized carbons (Fsp3) is 0.944. The second-order valence-electron chi connectivity index (χ2n) is 7.04. The fourth-order valence-corrected chi connectivity index (χ4v) is 3.37. The van der Waals surface area contributed by atoms with E-state index in [1.54, 1.807) is 0 Å². The van der Waals surface area contributed by atoms with Gasteiger partial charge in [-0.25, -0.2) is 0 Å². The number of ether oxygens (including phenoxy) is 2. The van der Waals surface area contributed by atoms with Crippen molar-refractivity contribution in [1.29, 1.82) is 0 Å². The van der Waals surface area contributed by atoms with E-state index in [2.05, 4.69) is 22.5 Å². The molecule has 2 rings (SSSR count). The highest BCUT2D eigenvalue weighted by Crippen LogP contribution is 2.42. The Morgan fingerprint density at radius 2 is 2.00 bits per heavy atom. The number of hydrogen-bond acceptors (Lipinski definition) is 3. The van der Waals surface area contributed by atoms with Crippen molar-refractivity contribution in [1.82, 2.24) is 10.6 Å². The molecular formula is C18H36IN3O2. The number of halogens is 1. The number of nitrogens with one attached hydrogen (secondary N) is 2. The van der Waals surface area contributed by atoms with Crippen LogP contribution in [-0.2, 0) is 9.47 Å². The predicted octanol–water partition coefficient (Wildman–Crippen LogP) is 3.18. The van der Waals surface area contributed by atoms with Crippen LogP contribution in [0.1, 0.15) is 51.9 Å². The number of guanidine groups is 1. The number of rotatable bonds is 9. The third-order valence-electron chi connectivity index (χ3n) is 5.47. The number of hydrogen-bond donors (Lipinski definition) is 2. The summed E-state index contributed by atoms with van der Waals surface area (Å²) < 4.78 is 11.2. The summed E-state index contributed by atoms with van der Waals surface area (Å²) in [6.45, 7) is 7.76. The Morgan fingerprint density at radius 3 is 2.58 bits per heavy atom. The van der Waals surface area contributed by atoms with Crippen LogP contribution in [0, 0.1) is 11.3 Å². The normalized spacial score (nSPS) is 20.8. The first-order chi connectivity index (χ1) is 11.3. The van der Waals surface area contributed by atoms with E-state index in [4.69, 9.17) is 9.47 Å². The lowest BCUT2D eigenvalue weighted by Gasteiger charge is -2.41. The molecule has 142 valence electrons. The van der Waals surface area contributed by atoms with Gasteiger partial charge in [-0.15, -0.1) is 24.0 Å². The van der Waals surface area contributed by atoms with Crippen molar-refractivity contribution >= 4 is 29.9 Å². The molecule has 1 saturated heterocycles. The molecule has 2 fully saturated rings. The molecule has 0 aromatic heterocycles. The van der Waals surface area contributed by atoms with Crippen molar-refractivity contribution in [2.24, 2.45) is 16.3 Å². The fourth-order valence-electron chi connectivity index (χ4n) is 3.37. The van der Waals surface area contributed by atoms with Crippen LogP contribution in [-0.4, -0.2) is 52.5 Å². The molecule has 0 unspecified atom stereocenters. The Kier molecular flexibility index (Phi) is 11.3. The molecule has 2 N–H and O–H groups in total. The van der Waals surface area contributed by atoms with Crippen LogP contribution in [0.25, 0.3) is 0 Å². The standard InChI is InChI=1S/C18H35N3O2.HI/c1-3-18(8-4-9-18)15-21-17(19-2)20-10-5-11-23-14-16-6-12-22-13-7-16;/h16H,3-15H2,1-2H3,(H2,19,20,21);1H. The van der Waals surface area contributed by atoms with E-state index in [1.807, 2.05) is 7.05 Å². The topological polar surface area (TPSA) is 54.9 Å². The highest BCUT2D eigenvalue weighted by Gasteiger charge is 2.34. The molecule has 1 aliphatic heterocycles. The predicted molar refractivity (Wildman–Crippen MR) is 110 cm³/mol. The minimum absolute atomic E-state index is 0. The summed E-state index contributed by atoms with van der Waals surface area (Å²) in [6, 6.07) is 0. The first-order valence-electron chi connectivity index (χ1n) is 9.38. The van der Waals surface area contributed by atoms with Gasteiger partial charge in [0.1, 0.15) is 0 Å². The van der Waals surface area contributed by atoms with Gasteiger partial charge in [0.2, 0.25) is 0 Å². The van der Waals surface area contributed by atoms with Crippen LogP contribution in [0.5, 0.6) is 0 Å². The third-order valence-corrected chi connectivity index (χ3v) is 5.47. The highest BCUT2D eigenvalue weighted by molar-refractivity contribution is 14.0. The summed E-state index contributed by atoms with van der Waals surface area (Å²) in [4.78, 5) is 4.31. The van der Waals surface area contributed by atoms with E-state index in [0.717, 1.165) is 64.7 Å². The zero-order valence-electron chi connectivity index (χ0n) is 15.4. The van der Waals surface area contributed by atoms with E-state index in [1.165, 1.54) is 25.7 Å². The molecule has 0 amide bonds. The van der Waals surface area contributed by atoms with Gasteiger partial charge in [-0.1, -0.05) is 13.3 Å². The summed E-state index contributed by atoms with van der Waals surface area (Å²) in [5.74, 6) is 1.62. The van der Waals surface area contributed by atoms with Crippen molar-refractivity contribution in [3.05, 3.63) is 0 Å². The first kappa shape index (κ1) is 22.0. The maximum absolute atomic E-state index is 5.79. The summed E-state index contributed by atoms with van der Waals surface area (Å²) in [5.41, 5.74) is 0.518. The smallest absolute Gasteiger partial charge is 0.190 e. The average molecular weight is 453 g/mol. The Bertz CT molecular complexity index is 351. The molecule has 0 bridgehead atoms. The van der Waals surface area contributed by atoms with Crippen LogP contribution >= 0.6 is 24.0 Å². The summed E-state index contributed by atoms with van der Waals surface area (Å²) in [7, 11) is 1.84. The van der Waals surface area contributed by atoms with Gasteiger partial charge in [-0.05, 0) is 49.9 Å². The molecule has 1 saturated carbocycles. The van der Waals surface area contributed by atoms with Gasteiger partial charge >= 0.3 is 0 Å². The van der Waals surface area contributed by atoms with E-state index >= 15 is 0 Å². The molecule has 0 spiro atoms. The minimum Gasteiger partial charge on any atom is -0.381 e. The van der Waals surface area contributed by atoms with E-state index in [9.17, 15) is 0 Å². The second-order valence-corrected chi connectivity index (χ2v) is 7.04. The van der Waals surface area contributed by atoms with Gasteiger partial charge in [-0.2, -0.15) is 0 Å². The van der Waals surface area contributed by atoms with Crippen LogP contribution in [0.4, 0.5) is 0 Å². The van der Waals surface area contributed by atoms with Crippen LogP contribution in [0.15, 0.2) is 4.99 Å². The third kappa shape index (κ3) is 7.44. The molecule has 0 aromatic carbocycles. The molecule has 0 atom stereocenters. The van der Waals surface area contributed by atoms with E-state index < -0.39 is 0 Å². The lowest BCUT2D eigenvalue weighted by Crippen LogP contribution is -2.46. The van der Waals surface area contributed by atoms with Gasteiger partial charge in [-0.3, -0.25) is 4.99 Å². The Labute approximate surface area is 164 Å². The quantitative estimate of drug-likeness (QED) is 0.244. The van der Waals surface area contributed by atoms with Gasteiger partial charge in [0, 0.05) is 46.6 Å². The molecule has 6 heteroatoms. The lowest BCUT2D eigenvalue weighted by atomic mass is 9.67. The lowest BCUT2D eigenvalue weighted by molar-refractivity contribution is 0.0203. The van der Waals surface area contributed by atoms with Crippen molar-refractivity contribution in [2.75, 3.05) is 46.6 Å². The van der Waals surface area contributed by atoms with Gasteiger partial charge < -0.3 is 20.1 Å². The van der Waals surface area contributed by atoms with E-state index in [0.29, 0.717) is 11.3 Å². The summed E-state index contributed by atoms with van der Waals surface area (Å²) in [6.07, 6.45) is 8.66. The van der Waals surface area contributed by atoms with Crippen molar-refractivity contribution < 1.29 is 9.47 Å². The van der Waals surface area contributed by atoms with Gasteiger partial charge in [0.15, 0.2) is 5.96 Å². The van der Waals surface area contributed by atoms with E-state index in [-0.39, 0.29) is 24.0 Å². The van der Waals surface area contributed by atoms with Crippen LogP contribution < -0.4 is 10.6 Å². The summed E-state index contributed by atoms with van der Waals surface area (Å²) >= 11 is 0. The highest BCUT2D eigenvalue weighted by atomic mass is 127. The van der Waals surface area contributed by atoms with Gasteiger partial charge in [0.05, 0.1) is 0 Å². The molecule has 1 aliphatic carbocycles. The van der Waals surface area contributed by atoms with Gasteiger partial charge in [0.25, 0.3) is 0 Å². The maximum atomic E-state index is 5.79. The summed E-state index contributed by atoms with van der Waals surface area (Å²) in [5, 5.41) is 6.88. The first-order valence-corrected chi connectivity index (χ1v) is 9.38. The molecule has 1 heterocycles. The zero-order valence-corrected chi connectivity index (χ0v) is 17.8. The number of nitrogens with zero attached hydrogens (tertiary/aromatic N) is 1. The van der Waals surface area contributed by atoms with Crippen molar-refractivity contribution in [3.63, 3.8) is 0 Å². The van der Waals surface area contributed by atoms with Crippen LogP contribution in [0.3, 0.4) is 0 Å². The largest absolute Gasteiger partial charge is 0.381 e. The maximum Gasteiger partial charge on any atom is 0.190 e. The van der Waals surface area contributed by atoms with Crippen molar-refractivity contribution in [2.45, 2.75) is 51.9 Å². The van der Waals surface area contributed by atoms with Crippen molar-refractivity contribution in [3.8, 4) is 0 Å². The SMILES string of the molecule is CCC1(CNC(=NC)NCCCOCC2CCOCC2)CCC1.I. The Balaban J connectivity index is 0.00000288. The Hall–Kier alpha value is -0.0800. The monoisotopic (exact) mass is 453 g/mol. The Morgan fingerprint density at radius 1 is 1.25 bits per heavy atom. The number of aliphatic imine (C=N–C) groups is 1. The molecule has 24 heavy (non-hydrogen) atoms. The second kappa shape index (κ2) is 12.3. The molecule has 0 aromatic rings. The molecule has 5 nitrogen and oxygen atoms in total. The molecular weight excluding hydrogens is 417 g/mol. The molecule has 0 radical (unpaired) electrons.